The minimum absolute atomic E-state index is 0.0520. The Kier molecular flexibility index (Phi) is 3.28. The van der Waals surface area contributed by atoms with Gasteiger partial charge in [0.15, 0.2) is 5.79 Å². The average Bonchev–Trinajstić information content (AvgIpc) is 2.28. The Morgan fingerprint density at radius 1 is 0.923 bits per heavy atom. The van der Waals surface area contributed by atoms with Crippen LogP contribution in [0.3, 0.4) is 0 Å². The molecule has 2 nitrogen and oxygen atoms in total. The summed E-state index contributed by atoms with van der Waals surface area (Å²) in [7, 11) is 0. The second-order valence-electron chi connectivity index (χ2n) is 3.62. The molecule has 0 bridgehead atoms. The second kappa shape index (κ2) is 4.07. The summed E-state index contributed by atoms with van der Waals surface area (Å²) >= 11 is 0. The lowest BCUT2D eigenvalue weighted by Gasteiger charge is -2.15. The van der Waals surface area contributed by atoms with Crippen LogP contribution in [0.15, 0.2) is 24.3 Å². The smallest absolute Gasteiger partial charge is 0.164 e. The third-order valence-corrected chi connectivity index (χ3v) is 1.93. The lowest BCUT2D eigenvalue weighted by Crippen LogP contribution is -2.20. The molecule has 0 aromatic heterocycles. The maximum absolute atomic E-state index is 5.69. The van der Waals surface area contributed by atoms with E-state index in [2.05, 4.69) is 0 Å². The third-order valence-electron chi connectivity index (χ3n) is 1.93. The molecule has 0 saturated carbocycles. The van der Waals surface area contributed by atoms with Crippen molar-refractivity contribution in [2.45, 2.75) is 45.7 Å². The van der Waals surface area contributed by atoms with Gasteiger partial charge in [-0.05, 0) is 27.7 Å². The van der Waals surface area contributed by atoms with Gasteiger partial charge < -0.3 is 9.47 Å². The predicted octanol–water partition coefficient (Wildman–Crippen LogP) is 2.66. The van der Waals surface area contributed by atoms with Crippen molar-refractivity contribution in [3.8, 4) is 0 Å². The topological polar surface area (TPSA) is 18.5 Å². The van der Waals surface area contributed by atoms with Gasteiger partial charge in [-0.15, -0.1) is 0 Å². The number of hydrogen-bond donors (Lipinski definition) is 0. The first-order valence-electron chi connectivity index (χ1n) is 4.70. The highest BCUT2D eigenvalue weighted by molar-refractivity contribution is 5.04. The molecule has 2 atom stereocenters. The molecule has 1 fully saturated rings. The molecule has 1 saturated heterocycles. The SMILES string of the molecule is CC=C[C@H]1OC(C)(C)O[C@@H]1C=CC. The van der Waals surface area contributed by atoms with Gasteiger partial charge in [-0.3, -0.25) is 0 Å². The lowest BCUT2D eigenvalue weighted by atomic mass is 10.2. The molecular formula is C11H18O2. The van der Waals surface area contributed by atoms with E-state index in [0.29, 0.717) is 0 Å². The van der Waals surface area contributed by atoms with Crippen LogP contribution in [0, 0.1) is 0 Å². The number of allylic oxidation sites excluding steroid dienone is 2. The highest BCUT2D eigenvalue weighted by Crippen LogP contribution is 2.29. The summed E-state index contributed by atoms with van der Waals surface area (Å²) in [5.74, 6) is -0.464. The Labute approximate surface area is 80.2 Å². The van der Waals surface area contributed by atoms with E-state index in [1.165, 1.54) is 0 Å². The van der Waals surface area contributed by atoms with Gasteiger partial charge >= 0.3 is 0 Å². The number of ether oxygens (including phenoxy) is 2. The van der Waals surface area contributed by atoms with Crippen LogP contribution in [-0.4, -0.2) is 18.0 Å². The van der Waals surface area contributed by atoms with Gasteiger partial charge in [-0.1, -0.05) is 24.3 Å². The number of rotatable bonds is 2. The zero-order valence-corrected chi connectivity index (χ0v) is 8.78. The van der Waals surface area contributed by atoms with E-state index in [4.69, 9.17) is 9.47 Å². The van der Waals surface area contributed by atoms with Gasteiger partial charge in [0.1, 0.15) is 12.2 Å². The highest BCUT2D eigenvalue weighted by atomic mass is 16.7. The van der Waals surface area contributed by atoms with E-state index in [9.17, 15) is 0 Å². The lowest BCUT2D eigenvalue weighted by molar-refractivity contribution is -0.139. The fraction of sp³-hybridized carbons (Fsp3) is 0.636. The monoisotopic (exact) mass is 182 g/mol. The van der Waals surface area contributed by atoms with E-state index in [-0.39, 0.29) is 12.2 Å². The summed E-state index contributed by atoms with van der Waals surface area (Å²) in [5.41, 5.74) is 0. The third kappa shape index (κ3) is 2.68. The van der Waals surface area contributed by atoms with E-state index in [1.807, 2.05) is 52.0 Å². The van der Waals surface area contributed by atoms with Gasteiger partial charge in [0.2, 0.25) is 0 Å². The Morgan fingerprint density at radius 3 is 1.62 bits per heavy atom. The van der Waals surface area contributed by atoms with Crippen LogP contribution in [0.2, 0.25) is 0 Å². The summed E-state index contributed by atoms with van der Waals surface area (Å²) < 4.78 is 11.4. The molecule has 0 unspecified atom stereocenters. The van der Waals surface area contributed by atoms with Crippen LogP contribution in [0.1, 0.15) is 27.7 Å². The minimum Gasteiger partial charge on any atom is -0.340 e. The molecule has 13 heavy (non-hydrogen) atoms. The van der Waals surface area contributed by atoms with Crippen molar-refractivity contribution in [2.24, 2.45) is 0 Å². The van der Waals surface area contributed by atoms with Gasteiger partial charge in [-0.2, -0.15) is 0 Å². The quantitative estimate of drug-likeness (QED) is 0.611. The zero-order valence-electron chi connectivity index (χ0n) is 8.78. The maximum Gasteiger partial charge on any atom is 0.164 e. The van der Waals surface area contributed by atoms with Crippen molar-refractivity contribution >= 4 is 0 Å². The molecule has 0 aliphatic carbocycles. The molecule has 0 N–H and O–H groups in total. The standard InChI is InChI=1S/C11H18O2/c1-5-7-9-10(8-6-2)13-11(3,4)12-9/h5-10H,1-4H3/t9-,10-/m1/s1. The first-order chi connectivity index (χ1) is 6.09. The summed E-state index contributed by atoms with van der Waals surface area (Å²) in [6, 6.07) is 0. The summed E-state index contributed by atoms with van der Waals surface area (Å²) in [6.45, 7) is 7.85. The zero-order chi connectivity index (χ0) is 9.90. The molecule has 0 spiro atoms. The Bertz CT molecular complexity index is 194. The fourth-order valence-electron chi connectivity index (χ4n) is 1.49. The second-order valence-corrected chi connectivity index (χ2v) is 3.62. The highest BCUT2D eigenvalue weighted by Gasteiger charge is 2.38. The van der Waals surface area contributed by atoms with Crippen molar-refractivity contribution in [1.82, 2.24) is 0 Å². The van der Waals surface area contributed by atoms with Crippen LogP contribution >= 0.6 is 0 Å². The van der Waals surface area contributed by atoms with E-state index in [0.717, 1.165) is 0 Å². The number of hydrogen-bond acceptors (Lipinski definition) is 2. The molecule has 0 radical (unpaired) electrons. The average molecular weight is 182 g/mol. The molecule has 2 heteroatoms. The van der Waals surface area contributed by atoms with E-state index >= 15 is 0 Å². The van der Waals surface area contributed by atoms with Gasteiger partial charge in [0, 0.05) is 0 Å². The summed E-state index contributed by atoms with van der Waals surface area (Å²) in [5, 5.41) is 0. The van der Waals surface area contributed by atoms with E-state index in [1.54, 1.807) is 0 Å². The van der Waals surface area contributed by atoms with Crippen LogP contribution in [0.25, 0.3) is 0 Å². The Hall–Kier alpha value is -0.600. The molecule has 1 aliphatic rings. The van der Waals surface area contributed by atoms with E-state index < -0.39 is 5.79 Å². The first-order valence-corrected chi connectivity index (χ1v) is 4.70. The molecule has 74 valence electrons. The molecule has 0 aromatic rings. The largest absolute Gasteiger partial charge is 0.340 e. The molecule has 0 aromatic carbocycles. The first kappa shape index (κ1) is 10.5. The molecular weight excluding hydrogens is 164 g/mol. The normalized spacial score (nSPS) is 33.5. The minimum atomic E-state index is -0.464. The molecule has 1 rings (SSSR count). The van der Waals surface area contributed by atoms with Crippen LogP contribution in [-0.2, 0) is 9.47 Å². The maximum atomic E-state index is 5.69. The van der Waals surface area contributed by atoms with Gasteiger partial charge in [0.05, 0.1) is 0 Å². The summed E-state index contributed by atoms with van der Waals surface area (Å²) in [4.78, 5) is 0. The fourth-order valence-corrected chi connectivity index (χ4v) is 1.49. The Morgan fingerprint density at radius 2 is 1.31 bits per heavy atom. The van der Waals surface area contributed by atoms with Crippen LogP contribution in [0.4, 0.5) is 0 Å². The van der Waals surface area contributed by atoms with Crippen molar-refractivity contribution in [3.05, 3.63) is 24.3 Å². The summed E-state index contributed by atoms with van der Waals surface area (Å²) in [6.07, 6.45) is 8.14. The van der Waals surface area contributed by atoms with Crippen molar-refractivity contribution < 1.29 is 9.47 Å². The van der Waals surface area contributed by atoms with Crippen molar-refractivity contribution in [3.63, 3.8) is 0 Å². The van der Waals surface area contributed by atoms with Crippen LogP contribution in [0.5, 0.6) is 0 Å². The van der Waals surface area contributed by atoms with Gasteiger partial charge in [-0.25, -0.2) is 0 Å². The predicted molar refractivity (Wildman–Crippen MR) is 53.5 cm³/mol. The van der Waals surface area contributed by atoms with Gasteiger partial charge in [0.25, 0.3) is 0 Å². The molecule has 1 aliphatic heterocycles. The van der Waals surface area contributed by atoms with Crippen molar-refractivity contribution in [1.29, 1.82) is 0 Å². The van der Waals surface area contributed by atoms with Crippen LogP contribution < -0.4 is 0 Å². The molecule has 0 amide bonds. The van der Waals surface area contributed by atoms with Crippen molar-refractivity contribution in [2.75, 3.05) is 0 Å². The Balaban J connectivity index is 2.71. The molecule has 1 heterocycles.